The molecule has 1 unspecified atom stereocenters. The Morgan fingerprint density at radius 2 is 1.57 bits per heavy atom. The van der Waals surface area contributed by atoms with Crippen LogP contribution in [0.15, 0.2) is 84.9 Å². The van der Waals surface area contributed by atoms with E-state index >= 15 is 0 Å². The molecular weight excluding hydrogens is 372 g/mol. The van der Waals surface area contributed by atoms with Crippen LogP contribution in [-0.2, 0) is 17.6 Å². The second-order valence-electron chi connectivity index (χ2n) is 7.18. The lowest BCUT2D eigenvalue weighted by Crippen LogP contribution is -2.32. The first-order chi connectivity index (χ1) is 14.7. The second-order valence-corrected chi connectivity index (χ2v) is 7.18. The molecule has 0 aromatic heterocycles. The summed E-state index contributed by atoms with van der Waals surface area (Å²) < 4.78 is 5.62. The van der Waals surface area contributed by atoms with Gasteiger partial charge in [-0.1, -0.05) is 72.8 Å². The van der Waals surface area contributed by atoms with Crippen molar-refractivity contribution in [3.63, 3.8) is 0 Å². The fourth-order valence-electron chi connectivity index (χ4n) is 3.34. The number of rotatable bonds is 10. The molecule has 4 nitrogen and oxygen atoms in total. The zero-order valence-corrected chi connectivity index (χ0v) is 17.0. The molecule has 30 heavy (non-hydrogen) atoms. The third-order valence-electron chi connectivity index (χ3n) is 4.91. The van der Waals surface area contributed by atoms with Gasteiger partial charge >= 0.3 is 0 Å². The van der Waals surface area contributed by atoms with Gasteiger partial charge in [0.25, 0.3) is 5.91 Å². The van der Waals surface area contributed by atoms with Crippen LogP contribution in [0.4, 0.5) is 0 Å². The van der Waals surface area contributed by atoms with Crippen molar-refractivity contribution in [2.24, 2.45) is 0 Å². The SMILES string of the molecule is N#CCc1ccc(OCC(=O)NC(CCCc2ccccc2)c2ccccc2)cc1. The maximum Gasteiger partial charge on any atom is 0.258 e. The summed E-state index contributed by atoms with van der Waals surface area (Å²) in [6, 6.07) is 29.7. The van der Waals surface area contributed by atoms with Crippen molar-refractivity contribution in [3.8, 4) is 11.8 Å². The number of ether oxygens (including phenoxy) is 1. The first-order valence-electron chi connectivity index (χ1n) is 10.2. The number of carbonyl (C=O) groups is 1. The molecule has 0 saturated carbocycles. The fourth-order valence-corrected chi connectivity index (χ4v) is 3.34. The topological polar surface area (TPSA) is 62.1 Å². The molecule has 1 amide bonds. The van der Waals surface area contributed by atoms with E-state index in [1.807, 2.05) is 48.5 Å². The molecule has 0 heterocycles. The maximum atomic E-state index is 12.5. The molecule has 1 N–H and O–H groups in total. The smallest absolute Gasteiger partial charge is 0.258 e. The van der Waals surface area contributed by atoms with Gasteiger partial charge in [0.2, 0.25) is 0 Å². The molecular formula is C26H26N2O2. The molecule has 0 bridgehead atoms. The van der Waals surface area contributed by atoms with E-state index < -0.39 is 0 Å². The minimum Gasteiger partial charge on any atom is -0.484 e. The Bertz CT molecular complexity index is 948. The normalized spacial score (nSPS) is 11.3. The largest absolute Gasteiger partial charge is 0.484 e. The van der Waals surface area contributed by atoms with Gasteiger partial charge in [-0.3, -0.25) is 4.79 Å². The Labute approximate surface area is 178 Å². The van der Waals surface area contributed by atoms with E-state index in [0.717, 1.165) is 30.4 Å². The summed E-state index contributed by atoms with van der Waals surface area (Å²) in [4.78, 5) is 12.5. The predicted molar refractivity (Wildman–Crippen MR) is 118 cm³/mol. The summed E-state index contributed by atoms with van der Waals surface area (Å²) in [6.07, 6.45) is 3.17. The third-order valence-corrected chi connectivity index (χ3v) is 4.91. The lowest BCUT2D eigenvalue weighted by atomic mass is 9.99. The van der Waals surface area contributed by atoms with Crippen LogP contribution in [-0.4, -0.2) is 12.5 Å². The number of amides is 1. The zero-order valence-electron chi connectivity index (χ0n) is 17.0. The lowest BCUT2D eigenvalue weighted by molar-refractivity contribution is -0.123. The first kappa shape index (κ1) is 21.1. The highest BCUT2D eigenvalue weighted by Crippen LogP contribution is 2.20. The Hall–Kier alpha value is -3.58. The Morgan fingerprint density at radius 1 is 0.900 bits per heavy atom. The molecule has 4 heteroatoms. The Morgan fingerprint density at radius 3 is 2.23 bits per heavy atom. The Balaban J connectivity index is 1.54. The number of nitrogens with zero attached hydrogens (tertiary/aromatic N) is 1. The standard InChI is InChI=1S/C26H26N2O2/c27-19-18-22-14-16-24(17-15-22)30-20-26(29)28-25(23-11-5-2-6-12-23)13-7-10-21-8-3-1-4-9-21/h1-6,8-9,11-12,14-17,25H,7,10,13,18,20H2,(H,28,29). The van der Waals surface area contributed by atoms with Crippen LogP contribution in [0.1, 0.15) is 35.6 Å². The van der Waals surface area contributed by atoms with E-state index in [2.05, 4.69) is 35.7 Å². The monoisotopic (exact) mass is 398 g/mol. The summed E-state index contributed by atoms with van der Waals surface area (Å²) in [6.45, 7) is -0.0420. The lowest BCUT2D eigenvalue weighted by Gasteiger charge is -2.19. The van der Waals surface area contributed by atoms with Gasteiger partial charge in [-0.2, -0.15) is 5.26 Å². The summed E-state index contributed by atoms with van der Waals surface area (Å²) in [7, 11) is 0. The molecule has 0 fully saturated rings. The van der Waals surface area contributed by atoms with E-state index in [1.165, 1.54) is 5.56 Å². The summed E-state index contributed by atoms with van der Waals surface area (Å²) in [5, 5.41) is 11.8. The van der Waals surface area contributed by atoms with Crippen LogP contribution < -0.4 is 10.1 Å². The number of aryl methyl sites for hydroxylation is 1. The van der Waals surface area contributed by atoms with Gasteiger partial charge in [0, 0.05) is 0 Å². The van der Waals surface area contributed by atoms with Crippen LogP contribution in [0.2, 0.25) is 0 Å². The van der Waals surface area contributed by atoms with E-state index in [1.54, 1.807) is 12.1 Å². The van der Waals surface area contributed by atoms with Gasteiger partial charge < -0.3 is 10.1 Å². The molecule has 3 rings (SSSR count). The number of nitriles is 1. The maximum absolute atomic E-state index is 12.5. The highest BCUT2D eigenvalue weighted by atomic mass is 16.5. The van der Waals surface area contributed by atoms with Crippen molar-refractivity contribution in [1.29, 1.82) is 5.26 Å². The highest BCUT2D eigenvalue weighted by Gasteiger charge is 2.15. The molecule has 1 atom stereocenters. The van der Waals surface area contributed by atoms with Gasteiger partial charge in [0.15, 0.2) is 6.61 Å². The molecule has 0 spiro atoms. The van der Waals surface area contributed by atoms with Crippen molar-refractivity contribution >= 4 is 5.91 Å². The second kappa shape index (κ2) is 11.4. The van der Waals surface area contributed by atoms with Crippen LogP contribution in [0.3, 0.4) is 0 Å². The summed E-state index contributed by atoms with van der Waals surface area (Å²) in [5.74, 6) is 0.469. The number of nitrogens with one attached hydrogen (secondary N) is 1. The van der Waals surface area contributed by atoms with Gasteiger partial charge in [0.1, 0.15) is 5.75 Å². The average Bonchev–Trinajstić information content (AvgIpc) is 2.79. The fraction of sp³-hybridized carbons (Fsp3) is 0.231. The molecule has 3 aromatic rings. The van der Waals surface area contributed by atoms with E-state index in [0.29, 0.717) is 12.2 Å². The quantitative estimate of drug-likeness (QED) is 0.522. The van der Waals surface area contributed by atoms with Crippen molar-refractivity contribution < 1.29 is 9.53 Å². The molecule has 3 aromatic carbocycles. The Kier molecular flexibility index (Phi) is 8.05. The molecule has 0 radical (unpaired) electrons. The zero-order chi connectivity index (χ0) is 21.0. The van der Waals surface area contributed by atoms with Gasteiger partial charge in [-0.05, 0) is 48.1 Å². The summed E-state index contributed by atoms with van der Waals surface area (Å²) >= 11 is 0. The van der Waals surface area contributed by atoms with Crippen LogP contribution in [0, 0.1) is 11.3 Å². The minimum absolute atomic E-state index is 0.0420. The van der Waals surface area contributed by atoms with Crippen molar-refractivity contribution in [1.82, 2.24) is 5.32 Å². The van der Waals surface area contributed by atoms with Gasteiger partial charge in [-0.25, -0.2) is 0 Å². The third kappa shape index (κ3) is 6.79. The average molecular weight is 399 g/mol. The molecule has 152 valence electrons. The number of hydrogen-bond acceptors (Lipinski definition) is 3. The van der Waals surface area contributed by atoms with Crippen molar-refractivity contribution in [2.45, 2.75) is 31.7 Å². The van der Waals surface area contributed by atoms with Gasteiger partial charge in [-0.15, -0.1) is 0 Å². The van der Waals surface area contributed by atoms with Crippen molar-refractivity contribution in [3.05, 3.63) is 102 Å². The van der Waals surface area contributed by atoms with E-state index in [9.17, 15) is 4.79 Å². The summed E-state index contributed by atoms with van der Waals surface area (Å²) in [5.41, 5.74) is 3.33. The van der Waals surface area contributed by atoms with Crippen molar-refractivity contribution in [2.75, 3.05) is 6.61 Å². The molecule has 0 aliphatic rings. The van der Waals surface area contributed by atoms with Crippen LogP contribution in [0.5, 0.6) is 5.75 Å². The first-order valence-corrected chi connectivity index (χ1v) is 10.2. The number of hydrogen-bond donors (Lipinski definition) is 1. The minimum atomic E-state index is -0.148. The molecule has 0 aliphatic heterocycles. The van der Waals surface area contributed by atoms with Gasteiger partial charge in [0.05, 0.1) is 18.5 Å². The predicted octanol–water partition coefficient (Wildman–Crippen LogP) is 5.01. The highest BCUT2D eigenvalue weighted by molar-refractivity contribution is 5.78. The van der Waals surface area contributed by atoms with Crippen LogP contribution in [0.25, 0.3) is 0 Å². The molecule has 0 saturated heterocycles. The van der Waals surface area contributed by atoms with E-state index in [4.69, 9.17) is 10.00 Å². The van der Waals surface area contributed by atoms with Crippen LogP contribution >= 0.6 is 0 Å². The molecule has 0 aliphatic carbocycles. The number of carbonyl (C=O) groups excluding carboxylic acids is 1. The van der Waals surface area contributed by atoms with E-state index in [-0.39, 0.29) is 18.6 Å². The number of benzene rings is 3.